The number of aromatic amines is 1. The van der Waals surface area contributed by atoms with E-state index in [1.165, 1.54) is 0 Å². The van der Waals surface area contributed by atoms with Gasteiger partial charge in [-0.1, -0.05) is 6.08 Å². The van der Waals surface area contributed by atoms with Crippen LogP contribution in [0.3, 0.4) is 0 Å². The van der Waals surface area contributed by atoms with Gasteiger partial charge in [0, 0.05) is 71.0 Å². The molecule has 1 amide bonds. The Morgan fingerprint density at radius 2 is 2.03 bits per heavy atom. The van der Waals surface area contributed by atoms with Gasteiger partial charge in [0.15, 0.2) is 0 Å². The monoisotopic (exact) mass is 519 g/mol. The smallest absolute Gasteiger partial charge is 0.253 e. The molecule has 1 aromatic carbocycles. The summed E-state index contributed by atoms with van der Waals surface area (Å²) in [5.74, 6) is -0.214. The molecule has 37 heavy (non-hydrogen) atoms. The average molecular weight is 520 g/mol. The minimum atomic E-state index is -0.214. The zero-order chi connectivity index (χ0) is 26.7. The zero-order valence-electron chi connectivity index (χ0n) is 22.3. The van der Waals surface area contributed by atoms with E-state index in [2.05, 4.69) is 57.8 Å². The molecule has 1 aliphatic heterocycles. The predicted molar refractivity (Wildman–Crippen MR) is 155 cm³/mol. The molecular formula is C29H37N5O2S. The Morgan fingerprint density at radius 1 is 1.24 bits per heavy atom. The van der Waals surface area contributed by atoms with Crippen LogP contribution in [0.2, 0.25) is 0 Å². The molecular weight excluding hydrogens is 482 g/mol. The first-order chi connectivity index (χ1) is 17.7. The Labute approximate surface area is 222 Å². The van der Waals surface area contributed by atoms with Crippen molar-refractivity contribution in [3.05, 3.63) is 85.9 Å². The number of carbonyl (C=O) groups is 1. The number of carbonyl (C=O) groups excluding carboxylic acids is 1. The molecule has 0 spiro atoms. The standard InChI is InChI=1S/C29H37N5O2S/c1-17(2)34-16-19(4)27-24(28(35)32-15-25-18(3)9-20(5)33-29(25)36)10-21(11-26(27)34)22(12-30)13-31-14-23-7-6-8-37-23/h6,8-11,13,16-17,23,31H,7,12,14-15,30H2,1-5H3,(H,32,35)(H,33,36)/b22-13+. The molecule has 5 N–H and O–H groups in total. The van der Waals surface area contributed by atoms with Gasteiger partial charge in [0.05, 0.1) is 0 Å². The van der Waals surface area contributed by atoms with Gasteiger partial charge in [0.25, 0.3) is 11.5 Å². The van der Waals surface area contributed by atoms with Crippen molar-refractivity contribution in [3.63, 3.8) is 0 Å². The summed E-state index contributed by atoms with van der Waals surface area (Å²) >= 11 is 1.84. The maximum Gasteiger partial charge on any atom is 0.253 e. The van der Waals surface area contributed by atoms with Gasteiger partial charge in [0.1, 0.15) is 0 Å². The van der Waals surface area contributed by atoms with E-state index in [0.29, 0.717) is 22.9 Å². The Hall–Kier alpha value is -3.23. The molecule has 1 atom stereocenters. The molecule has 4 rings (SSSR count). The molecule has 2 aromatic heterocycles. The number of hydrogen-bond acceptors (Lipinski definition) is 5. The fourth-order valence-corrected chi connectivity index (χ4v) is 5.74. The lowest BCUT2D eigenvalue weighted by molar-refractivity contribution is 0.0952. The summed E-state index contributed by atoms with van der Waals surface area (Å²) < 4.78 is 2.20. The van der Waals surface area contributed by atoms with E-state index in [1.807, 2.05) is 50.9 Å². The van der Waals surface area contributed by atoms with Crippen LogP contribution in [-0.2, 0) is 6.54 Å². The number of thioether (sulfide) groups is 1. The number of pyridine rings is 1. The van der Waals surface area contributed by atoms with Gasteiger partial charge < -0.3 is 25.9 Å². The van der Waals surface area contributed by atoms with Crippen molar-refractivity contribution in [2.24, 2.45) is 5.73 Å². The number of nitrogens with zero attached hydrogens (tertiary/aromatic N) is 1. The van der Waals surface area contributed by atoms with Crippen molar-refractivity contribution in [1.29, 1.82) is 0 Å². The van der Waals surface area contributed by atoms with Crippen LogP contribution in [0.4, 0.5) is 0 Å². The van der Waals surface area contributed by atoms with Gasteiger partial charge >= 0.3 is 0 Å². The van der Waals surface area contributed by atoms with Crippen molar-refractivity contribution in [2.75, 3.05) is 13.1 Å². The van der Waals surface area contributed by atoms with Crippen molar-refractivity contribution in [1.82, 2.24) is 20.2 Å². The number of nitrogens with two attached hydrogens (primary N) is 1. The van der Waals surface area contributed by atoms with Gasteiger partial charge in [-0.25, -0.2) is 0 Å². The van der Waals surface area contributed by atoms with Crippen molar-refractivity contribution < 1.29 is 4.79 Å². The lowest BCUT2D eigenvalue weighted by Crippen LogP contribution is -2.28. The second-order valence-corrected chi connectivity index (χ2v) is 11.2. The fraction of sp³-hybridized carbons (Fsp3) is 0.379. The van der Waals surface area contributed by atoms with Gasteiger partial charge in [-0.3, -0.25) is 9.59 Å². The molecule has 1 unspecified atom stereocenters. The average Bonchev–Trinajstić information content (AvgIpc) is 3.48. The van der Waals surface area contributed by atoms with E-state index in [4.69, 9.17) is 5.73 Å². The second kappa shape index (κ2) is 11.4. The molecule has 0 fully saturated rings. The molecule has 0 bridgehead atoms. The third kappa shape index (κ3) is 5.86. The lowest BCUT2D eigenvalue weighted by Gasteiger charge is -2.15. The summed E-state index contributed by atoms with van der Waals surface area (Å²) in [5.41, 5.74) is 12.7. The van der Waals surface area contributed by atoms with Gasteiger partial charge in [-0.15, -0.1) is 11.8 Å². The summed E-state index contributed by atoms with van der Waals surface area (Å²) in [5, 5.41) is 10.0. The fourth-order valence-electron chi connectivity index (χ4n) is 4.88. The summed E-state index contributed by atoms with van der Waals surface area (Å²) in [7, 11) is 0. The Morgan fingerprint density at radius 3 is 2.68 bits per heavy atom. The number of benzene rings is 1. The van der Waals surface area contributed by atoms with Crippen LogP contribution in [0.1, 0.15) is 64.6 Å². The number of aryl methyl sites for hydroxylation is 3. The summed E-state index contributed by atoms with van der Waals surface area (Å²) in [6.45, 7) is 11.4. The van der Waals surface area contributed by atoms with Crippen LogP contribution in [0.5, 0.6) is 0 Å². The lowest BCUT2D eigenvalue weighted by atomic mass is 9.98. The topological polar surface area (TPSA) is 105 Å². The molecule has 196 valence electrons. The van der Waals surface area contributed by atoms with Crippen molar-refractivity contribution in [2.45, 2.75) is 58.9 Å². The van der Waals surface area contributed by atoms with Crippen LogP contribution in [-0.4, -0.2) is 33.8 Å². The SMILES string of the molecule is Cc1cc(C)c(CNC(=O)c2cc(/C(=C/NCC3CC=CS3)CN)cc3c2c(C)cn3C(C)C)c(=O)[nH]1. The third-order valence-corrected chi connectivity index (χ3v) is 7.92. The minimum Gasteiger partial charge on any atom is -0.389 e. The number of H-pyrrole nitrogens is 1. The highest BCUT2D eigenvalue weighted by Crippen LogP contribution is 2.31. The number of aromatic nitrogens is 2. The third-order valence-electron chi connectivity index (χ3n) is 6.82. The molecule has 0 aliphatic carbocycles. The van der Waals surface area contributed by atoms with E-state index in [0.717, 1.165) is 51.8 Å². The highest BCUT2D eigenvalue weighted by atomic mass is 32.2. The van der Waals surface area contributed by atoms with E-state index < -0.39 is 0 Å². The first-order valence-corrected chi connectivity index (χ1v) is 13.7. The highest BCUT2D eigenvalue weighted by Gasteiger charge is 2.20. The van der Waals surface area contributed by atoms with Crippen molar-refractivity contribution in [3.8, 4) is 0 Å². The van der Waals surface area contributed by atoms with Crippen LogP contribution >= 0.6 is 11.8 Å². The predicted octanol–water partition coefficient (Wildman–Crippen LogP) is 4.67. The zero-order valence-corrected chi connectivity index (χ0v) is 23.1. The maximum absolute atomic E-state index is 13.6. The number of rotatable bonds is 9. The molecule has 0 saturated carbocycles. The van der Waals surface area contributed by atoms with Crippen LogP contribution in [0, 0.1) is 20.8 Å². The molecule has 7 nitrogen and oxygen atoms in total. The largest absolute Gasteiger partial charge is 0.389 e. The quantitative estimate of drug-likeness (QED) is 0.329. The number of fused-ring (bicyclic) bond motifs is 1. The van der Waals surface area contributed by atoms with E-state index in [1.54, 1.807) is 0 Å². The molecule has 0 radical (unpaired) electrons. The van der Waals surface area contributed by atoms with Gasteiger partial charge in [-0.05, 0) is 86.9 Å². The number of nitrogens with one attached hydrogen (secondary N) is 3. The summed E-state index contributed by atoms with van der Waals surface area (Å²) in [6, 6.07) is 6.19. The van der Waals surface area contributed by atoms with E-state index in [9.17, 15) is 9.59 Å². The number of amides is 1. The normalized spacial score (nSPS) is 15.6. The highest BCUT2D eigenvalue weighted by molar-refractivity contribution is 8.03. The number of hydrogen-bond donors (Lipinski definition) is 4. The molecule has 8 heteroatoms. The molecule has 3 aromatic rings. The Balaban J connectivity index is 1.70. The van der Waals surface area contributed by atoms with Gasteiger partial charge in [0.2, 0.25) is 0 Å². The first kappa shape index (κ1) is 26.8. The van der Waals surface area contributed by atoms with E-state index >= 15 is 0 Å². The molecule has 3 heterocycles. The van der Waals surface area contributed by atoms with Crippen LogP contribution < -0.4 is 21.9 Å². The Kier molecular flexibility index (Phi) is 8.29. The summed E-state index contributed by atoms with van der Waals surface area (Å²) in [4.78, 5) is 28.9. The van der Waals surface area contributed by atoms with Gasteiger partial charge in [-0.2, -0.15) is 0 Å². The maximum atomic E-state index is 13.6. The van der Waals surface area contributed by atoms with Crippen molar-refractivity contribution >= 4 is 34.1 Å². The first-order valence-electron chi connectivity index (χ1n) is 12.8. The van der Waals surface area contributed by atoms with Crippen LogP contribution in [0.25, 0.3) is 16.5 Å². The second-order valence-electron chi connectivity index (χ2n) is 10.0. The minimum absolute atomic E-state index is 0.157. The molecule has 0 saturated heterocycles. The molecule has 1 aliphatic rings. The summed E-state index contributed by atoms with van der Waals surface area (Å²) in [6.07, 6.45) is 7.33. The van der Waals surface area contributed by atoms with E-state index in [-0.39, 0.29) is 24.1 Å². The van der Waals surface area contributed by atoms with Crippen LogP contribution in [0.15, 0.2) is 46.9 Å². The number of allylic oxidation sites excluding steroid dienone is 1. The Bertz CT molecular complexity index is 1420.